The van der Waals surface area contributed by atoms with Crippen LogP contribution in [0.3, 0.4) is 0 Å². The van der Waals surface area contributed by atoms with E-state index in [0.29, 0.717) is 23.2 Å². The average molecular weight is 477 g/mol. The molecule has 0 saturated carbocycles. The van der Waals surface area contributed by atoms with Gasteiger partial charge >= 0.3 is 12.1 Å². The summed E-state index contributed by atoms with van der Waals surface area (Å²) >= 11 is 7.78. The topological polar surface area (TPSA) is 44.1 Å². The molecule has 4 nitrogen and oxygen atoms in total. The standard InChI is InChI=1S/C23H16ClF3N2O2S/c24-18-5-1-2-6-19(18)29-20(14-21(28-29)23(25,26)27)15-7-9-16(10-8-15)22(30)31-12-11-17-4-3-13-32-17/h1-10,13-14H,11-12H2. The van der Waals surface area contributed by atoms with Gasteiger partial charge in [0.2, 0.25) is 0 Å². The number of halogens is 4. The first kappa shape index (κ1) is 22.1. The predicted molar refractivity (Wildman–Crippen MR) is 117 cm³/mol. The van der Waals surface area contributed by atoms with Crippen LogP contribution in [0.2, 0.25) is 5.02 Å². The number of carbonyl (C=O) groups is 1. The van der Waals surface area contributed by atoms with E-state index in [1.165, 1.54) is 12.1 Å². The molecule has 0 aliphatic heterocycles. The number of aromatic nitrogens is 2. The third-order valence-electron chi connectivity index (χ3n) is 4.66. The molecule has 4 rings (SSSR count). The Kier molecular flexibility index (Phi) is 6.34. The smallest absolute Gasteiger partial charge is 0.435 e. The lowest BCUT2D eigenvalue weighted by atomic mass is 10.1. The lowest BCUT2D eigenvalue weighted by Crippen LogP contribution is -2.08. The summed E-state index contributed by atoms with van der Waals surface area (Å²) in [4.78, 5) is 13.4. The monoisotopic (exact) mass is 476 g/mol. The summed E-state index contributed by atoms with van der Waals surface area (Å²) in [5.74, 6) is -0.497. The fraction of sp³-hybridized carbons (Fsp3) is 0.130. The fourth-order valence-electron chi connectivity index (χ4n) is 3.09. The molecule has 0 amide bonds. The van der Waals surface area contributed by atoms with Gasteiger partial charge in [0.25, 0.3) is 0 Å². The Balaban J connectivity index is 1.58. The lowest BCUT2D eigenvalue weighted by molar-refractivity contribution is -0.141. The molecular formula is C23H16ClF3N2O2S. The molecule has 0 spiro atoms. The second kappa shape index (κ2) is 9.18. The molecule has 0 aliphatic rings. The molecule has 0 saturated heterocycles. The van der Waals surface area contributed by atoms with Crippen molar-refractivity contribution < 1.29 is 22.7 Å². The third kappa shape index (κ3) is 4.87. The number of alkyl halides is 3. The van der Waals surface area contributed by atoms with Gasteiger partial charge in [0, 0.05) is 16.9 Å². The van der Waals surface area contributed by atoms with Gasteiger partial charge in [0.15, 0.2) is 5.69 Å². The second-order valence-electron chi connectivity index (χ2n) is 6.82. The highest BCUT2D eigenvalue weighted by molar-refractivity contribution is 7.09. The van der Waals surface area contributed by atoms with Gasteiger partial charge in [0.1, 0.15) is 0 Å². The van der Waals surface area contributed by atoms with Crippen molar-refractivity contribution in [1.29, 1.82) is 0 Å². The molecule has 0 unspecified atom stereocenters. The Labute approximate surface area is 190 Å². The van der Waals surface area contributed by atoms with Crippen LogP contribution in [-0.4, -0.2) is 22.4 Å². The molecule has 0 atom stereocenters. The van der Waals surface area contributed by atoms with Crippen molar-refractivity contribution in [1.82, 2.24) is 9.78 Å². The molecule has 32 heavy (non-hydrogen) atoms. The normalized spacial score (nSPS) is 11.5. The van der Waals surface area contributed by atoms with Gasteiger partial charge in [0.05, 0.1) is 28.6 Å². The van der Waals surface area contributed by atoms with E-state index >= 15 is 0 Å². The molecule has 2 aromatic carbocycles. The van der Waals surface area contributed by atoms with Gasteiger partial charge < -0.3 is 4.74 Å². The fourth-order valence-corrected chi connectivity index (χ4v) is 4.00. The van der Waals surface area contributed by atoms with Gasteiger partial charge in [-0.3, -0.25) is 0 Å². The summed E-state index contributed by atoms with van der Waals surface area (Å²) in [6.07, 6.45) is -3.99. The summed E-state index contributed by atoms with van der Waals surface area (Å²) in [7, 11) is 0. The first-order valence-corrected chi connectivity index (χ1v) is 10.8. The number of thiophene rings is 1. The number of para-hydroxylation sites is 1. The maximum Gasteiger partial charge on any atom is 0.435 e. The quantitative estimate of drug-likeness (QED) is 0.292. The minimum absolute atomic E-state index is 0.197. The van der Waals surface area contributed by atoms with Crippen LogP contribution in [0.15, 0.2) is 72.1 Å². The second-order valence-corrected chi connectivity index (χ2v) is 8.26. The van der Waals surface area contributed by atoms with E-state index in [4.69, 9.17) is 16.3 Å². The van der Waals surface area contributed by atoms with Crippen LogP contribution in [0.4, 0.5) is 13.2 Å². The number of rotatable bonds is 6. The Morgan fingerprint density at radius 2 is 1.81 bits per heavy atom. The maximum atomic E-state index is 13.3. The number of carbonyl (C=O) groups excluding carboxylic acids is 1. The molecule has 0 aliphatic carbocycles. The molecular weight excluding hydrogens is 461 g/mol. The largest absolute Gasteiger partial charge is 0.462 e. The summed E-state index contributed by atoms with van der Waals surface area (Å²) in [5, 5.41) is 5.94. The number of hydrogen-bond donors (Lipinski definition) is 0. The number of esters is 1. The van der Waals surface area contributed by atoms with E-state index in [0.717, 1.165) is 15.6 Å². The van der Waals surface area contributed by atoms with Gasteiger partial charge in [-0.25, -0.2) is 9.48 Å². The van der Waals surface area contributed by atoms with Crippen molar-refractivity contribution in [3.8, 4) is 16.9 Å². The molecule has 0 bridgehead atoms. The van der Waals surface area contributed by atoms with E-state index < -0.39 is 17.8 Å². The predicted octanol–water partition coefficient (Wildman–Crippen LogP) is 6.67. The van der Waals surface area contributed by atoms with Crippen molar-refractivity contribution in [2.75, 3.05) is 6.61 Å². The molecule has 2 aromatic heterocycles. The van der Waals surface area contributed by atoms with E-state index in [9.17, 15) is 18.0 Å². The summed E-state index contributed by atoms with van der Waals surface area (Å²) in [6, 6.07) is 17.5. The number of ether oxygens (including phenoxy) is 1. The molecule has 164 valence electrons. The molecule has 4 aromatic rings. The van der Waals surface area contributed by atoms with Crippen LogP contribution < -0.4 is 0 Å². The average Bonchev–Trinajstić information content (AvgIpc) is 3.44. The van der Waals surface area contributed by atoms with Crippen molar-refractivity contribution in [3.63, 3.8) is 0 Å². The summed E-state index contributed by atoms with van der Waals surface area (Å²) in [5.41, 5.74) is 0.229. The van der Waals surface area contributed by atoms with Crippen molar-refractivity contribution in [3.05, 3.63) is 93.3 Å². The molecule has 0 N–H and O–H groups in total. The molecule has 0 radical (unpaired) electrons. The SMILES string of the molecule is O=C(OCCc1cccs1)c1ccc(-c2cc(C(F)(F)F)nn2-c2ccccc2Cl)cc1. The maximum absolute atomic E-state index is 13.3. The zero-order valence-corrected chi connectivity index (χ0v) is 18.0. The van der Waals surface area contributed by atoms with Gasteiger partial charge in [-0.15, -0.1) is 11.3 Å². The van der Waals surface area contributed by atoms with Crippen molar-refractivity contribution in [2.24, 2.45) is 0 Å². The highest BCUT2D eigenvalue weighted by Crippen LogP contribution is 2.34. The highest BCUT2D eigenvalue weighted by atomic mass is 35.5. The summed E-state index contributed by atoms with van der Waals surface area (Å²) < 4.78 is 46.4. The highest BCUT2D eigenvalue weighted by Gasteiger charge is 2.35. The minimum Gasteiger partial charge on any atom is -0.462 e. The van der Waals surface area contributed by atoms with Gasteiger partial charge in [-0.2, -0.15) is 18.3 Å². The molecule has 9 heteroatoms. The Bertz CT molecular complexity index is 1220. The van der Waals surface area contributed by atoms with E-state index in [1.54, 1.807) is 47.7 Å². The summed E-state index contributed by atoms with van der Waals surface area (Å²) in [6.45, 7) is 0.245. The number of nitrogens with zero attached hydrogens (tertiary/aromatic N) is 2. The van der Waals surface area contributed by atoms with Gasteiger partial charge in [-0.1, -0.05) is 41.9 Å². The van der Waals surface area contributed by atoms with Gasteiger partial charge in [-0.05, 0) is 41.8 Å². The van der Waals surface area contributed by atoms with E-state index in [1.807, 2.05) is 17.5 Å². The Hall–Kier alpha value is -3.10. The van der Waals surface area contributed by atoms with Crippen LogP contribution >= 0.6 is 22.9 Å². The number of hydrogen-bond acceptors (Lipinski definition) is 4. The zero-order valence-electron chi connectivity index (χ0n) is 16.5. The van der Waals surface area contributed by atoms with Crippen molar-refractivity contribution >= 4 is 28.9 Å². The first-order chi connectivity index (χ1) is 15.3. The van der Waals surface area contributed by atoms with Crippen LogP contribution in [0, 0.1) is 0 Å². The molecule has 0 fully saturated rings. The first-order valence-electron chi connectivity index (χ1n) is 9.55. The van der Waals surface area contributed by atoms with Crippen LogP contribution in [-0.2, 0) is 17.3 Å². The third-order valence-corrected chi connectivity index (χ3v) is 5.91. The van der Waals surface area contributed by atoms with Crippen LogP contribution in [0.25, 0.3) is 16.9 Å². The van der Waals surface area contributed by atoms with E-state index in [-0.39, 0.29) is 17.3 Å². The van der Waals surface area contributed by atoms with Crippen LogP contribution in [0.1, 0.15) is 20.9 Å². The zero-order chi connectivity index (χ0) is 22.7. The Morgan fingerprint density at radius 1 is 1.06 bits per heavy atom. The van der Waals surface area contributed by atoms with Crippen LogP contribution in [0.5, 0.6) is 0 Å². The lowest BCUT2D eigenvalue weighted by Gasteiger charge is -2.10. The van der Waals surface area contributed by atoms with Crippen molar-refractivity contribution in [2.45, 2.75) is 12.6 Å². The Morgan fingerprint density at radius 3 is 2.47 bits per heavy atom. The van der Waals surface area contributed by atoms with E-state index in [2.05, 4.69) is 5.10 Å². The number of benzene rings is 2. The molecule has 2 heterocycles. The minimum atomic E-state index is -4.62.